The molecule has 0 unspecified atom stereocenters. The van der Waals surface area contributed by atoms with Gasteiger partial charge in [-0.2, -0.15) is 0 Å². The van der Waals surface area contributed by atoms with Crippen molar-refractivity contribution in [3.63, 3.8) is 0 Å². The largest absolute Gasteiger partial charge is 0.322 e. The van der Waals surface area contributed by atoms with Gasteiger partial charge in [0.05, 0.1) is 11.6 Å². The minimum absolute atomic E-state index is 0.127. The average molecular weight is 356 g/mol. The number of anilines is 2. The highest BCUT2D eigenvalue weighted by molar-refractivity contribution is 6.09. The van der Waals surface area contributed by atoms with E-state index in [1.54, 1.807) is 0 Å². The van der Waals surface area contributed by atoms with Gasteiger partial charge in [-0.15, -0.1) is 0 Å². The molecule has 0 saturated carbocycles. The lowest BCUT2D eigenvalue weighted by molar-refractivity contribution is -0.119. The Labute approximate surface area is 157 Å². The first-order valence-corrected chi connectivity index (χ1v) is 9.40. The van der Waals surface area contributed by atoms with Crippen LogP contribution in [0.25, 0.3) is 10.8 Å². The van der Waals surface area contributed by atoms with Gasteiger partial charge in [0.1, 0.15) is 0 Å². The molecule has 0 aromatic heterocycles. The van der Waals surface area contributed by atoms with E-state index in [0.29, 0.717) is 5.56 Å². The second kappa shape index (κ2) is 5.95. The van der Waals surface area contributed by atoms with Crippen LogP contribution in [0.4, 0.5) is 11.4 Å². The summed E-state index contributed by atoms with van der Waals surface area (Å²) in [7, 11) is 0. The van der Waals surface area contributed by atoms with Gasteiger partial charge < -0.3 is 10.2 Å². The summed E-state index contributed by atoms with van der Waals surface area (Å²) in [5.74, 6) is -0.101. The molecule has 3 aromatic rings. The second-order valence-corrected chi connectivity index (χ2v) is 7.40. The van der Waals surface area contributed by atoms with Crippen molar-refractivity contribution in [1.29, 1.82) is 0 Å². The zero-order valence-corrected chi connectivity index (χ0v) is 15.2. The molecule has 0 spiro atoms. The molecule has 1 N–H and O–H groups in total. The smallest absolute Gasteiger partial charge is 0.255 e. The topological polar surface area (TPSA) is 49.4 Å². The Morgan fingerprint density at radius 1 is 1.07 bits per heavy atom. The van der Waals surface area contributed by atoms with Crippen LogP contribution in [0.3, 0.4) is 0 Å². The van der Waals surface area contributed by atoms with Crippen molar-refractivity contribution in [2.24, 2.45) is 0 Å². The first kappa shape index (κ1) is 16.1. The van der Waals surface area contributed by atoms with Crippen molar-refractivity contribution >= 4 is 34.0 Å². The van der Waals surface area contributed by atoms with Crippen molar-refractivity contribution < 1.29 is 9.59 Å². The number of rotatable bonds is 2. The van der Waals surface area contributed by atoms with Crippen molar-refractivity contribution in [3.05, 3.63) is 71.3 Å². The minimum Gasteiger partial charge on any atom is -0.322 e. The summed E-state index contributed by atoms with van der Waals surface area (Å²) in [5.41, 5.74) is 4.66. The number of hydrogen-bond acceptors (Lipinski definition) is 2. The van der Waals surface area contributed by atoms with Crippen LogP contribution in [-0.2, 0) is 11.2 Å². The summed E-state index contributed by atoms with van der Waals surface area (Å²) in [6.07, 6.45) is 1.91. The van der Waals surface area contributed by atoms with Gasteiger partial charge in [-0.25, -0.2) is 0 Å². The Morgan fingerprint density at radius 2 is 1.89 bits per heavy atom. The molecule has 4 heteroatoms. The van der Waals surface area contributed by atoms with Crippen molar-refractivity contribution in [2.75, 3.05) is 16.8 Å². The van der Waals surface area contributed by atoms with E-state index in [2.05, 4.69) is 5.32 Å². The average Bonchev–Trinajstić information content (AvgIpc) is 2.94. The summed E-state index contributed by atoms with van der Waals surface area (Å²) in [6.45, 7) is 2.75. The fourth-order valence-corrected chi connectivity index (χ4v) is 4.30. The molecular weight excluding hydrogens is 336 g/mol. The number of carbonyl (C=O) groups excluding carboxylic acids is 2. The molecule has 0 radical (unpaired) electrons. The zero-order valence-electron chi connectivity index (χ0n) is 15.2. The van der Waals surface area contributed by atoms with Gasteiger partial charge in [0, 0.05) is 17.8 Å². The van der Waals surface area contributed by atoms with Crippen molar-refractivity contribution in [1.82, 2.24) is 0 Å². The third-order valence-electron chi connectivity index (χ3n) is 5.69. The predicted octanol–water partition coefficient (Wildman–Crippen LogP) is 4.49. The molecular formula is C23H20N2O2. The Morgan fingerprint density at radius 3 is 2.74 bits per heavy atom. The zero-order chi connectivity index (χ0) is 18.5. The number of aryl methyl sites for hydroxylation is 1. The van der Waals surface area contributed by atoms with Crippen LogP contribution < -0.4 is 10.2 Å². The Bertz CT molecular complexity index is 1100. The number of amides is 2. The van der Waals surface area contributed by atoms with E-state index in [-0.39, 0.29) is 17.7 Å². The highest BCUT2D eigenvalue weighted by Gasteiger charge is 2.37. The normalized spacial score (nSPS) is 17.9. The van der Waals surface area contributed by atoms with E-state index in [4.69, 9.17) is 0 Å². The van der Waals surface area contributed by atoms with Crippen LogP contribution in [0.15, 0.2) is 54.6 Å². The van der Waals surface area contributed by atoms with E-state index in [1.165, 1.54) is 0 Å². The van der Waals surface area contributed by atoms with E-state index in [9.17, 15) is 9.59 Å². The molecule has 134 valence electrons. The monoisotopic (exact) mass is 356 g/mol. The van der Waals surface area contributed by atoms with Crippen LogP contribution in [0.2, 0.25) is 0 Å². The Balaban J connectivity index is 1.49. The number of nitrogens with zero attached hydrogens (tertiary/aromatic N) is 1. The highest BCUT2D eigenvalue weighted by atomic mass is 16.2. The predicted molar refractivity (Wildman–Crippen MR) is 107 cm³/mol. The summed E-state index contributed by atoms with van der Waals surface area (Å²) < 4.78 is 0. The van der Waals surface area contributed by atoms with Crippen molar-refractivity contribution in [3.8, 4) is 0 Å². The summed E-state index contributed by atoms with van der Waals surface area (Å²) >= 11 is 0. The molecule has 5 rings (SSSR count). The first-order chi connectivity index (χ1) is 13.1. The molecule has 0 saturated heterocycles. The van der Waals surface area contributed by atoms with Gasteiger partial charge >= 0.3 is 0 Å². The second-order valence-electron chi connectivity index (χ2n) is 7.40. The van der Waals surface area contributed by atoms with E-state index in [1.807, 2.05) is 66.4 Å². The number of fused-ring (bicyclic) bond motifs is 1. The number of hydrogen-bond donors (Lipinski definition) is 1. The lowest BCUT2D eigenvalue weighted by atomic mass is 9.96. The molecule has 4 nitrogen and oxygen atoms in total. The highest BCUT2D eigenvalue weighted by Crippen LogP contribution is 2.44. The van der Waals surface area contributed by atoms with Crippen LogP contribution >= 0.6 is 0 Å². The molecule has 27 heavy (non-hydrogen) atoms. The summed E-state index contributed by atoms with van der Waals surface area (Å²) in [4.78, 5) is 27.2. The van der Waals surface area contributed by atoms with Gasteiger partial charge in [-0.3, -0.25) is 9.59 Å². The third-order valence-corrected chi connectivity index (χ3v) is 5.69. The van der Waals surface area contributed by atoms with E-state index < -0.39 is 0 Å². The molecule has 0 aliphatic carbocycles. The Hall–Kier alpha value is -3.14. The standard InChI is InChI=1S/C23H20N2O2/c1-14-20-13-19(12-17-7-4-10-25(21(17)20)23(14)27)24-22(26)18-9-8-15-5-2-3-6-16(15)11-18/h2-3,5-6,8-9,11-14H,4,7,10H2,1H3,(H,24,26)/t14-/m1/s1. The third kappa shape index (κ3) is 2.52. The molecule has 2 amide bonds. The molecule has 2 aliphatic rings. The number of benzene rings is 3. The van der Waals surface area contributed by atoms with Gasteiger partial charge in [0.2, 0.25) is 5.91 Å². The van der Waals surface area contributed by atoms with Crippen LogP contribution in [0.5, 0.6) is 0 Å². The summed E-state index contributed by atoms with van der Waals surface area (Å²) in [5, 5.41) is 5.19. The molecule has 2 heterocycles. The van der Waals surface area contributed by atoms with Crippen LogP contribution in [-0.4, -0.2) is 18.4 Å². The molecule has 0 fully saturated rings. The number of carbonyl (C=O) groups is 2. The van der Waals surface area contributed by atoms with Crippen LogP contribution in [0, 0.1) is 0 Å². The van der Waals surface area contributed by atoms with Gasteiger partial charge in [0.15, 0.2) is 0 Å². The maximum absolute atomic E-state index is 12.8. The quantitative estimate of drug-likeness (QED) is 0.735. The van der Waals surface area contributed by atoms with Crippen molar-refractivity contribution in [2.45, 2.75) is 25.7 Å². The maximum Gasteiger partial charge on any atom is 0.255 e. The van der Waals surface area contributed by atoms with Gasteiger partial charge in [-0.05, 0) is 65.9 Å². The molecule has 2 aliphatic heterocycles. The fourth-order valence-electron chi connectivity index (χ4n) is 4.30. The number of nitrogens with one attached hydrogen (secondary N) is 1. The molecule has 3 aromatic carbocycles. The minimum atomic E-state index is -0.144. The van der Waals surface area contributed by atoms with E-state index >= 15 is 0 Å². The van der Waals surface area contributed by atoms with E-state index in [0.717, 1.165) is 52.7 Å². The van der Waals surface area contributed by atoms with Gasteiger partial charge in [0.25, 0.3) is 5.91 Å². The Kier molecular flexibility index (Phi) is 3.54. The lowest BCUT2D eigenvalue weighted by Gasteiger charge is -2.26. The SMILES string of the molecule is C[C@H]1C(=O)N2CCCc3cc(NC(=O)c4ccc5ccccc5c4)cc1c32. The molecule has 1 atom stereocenters. The molecule has 0 bridgehead atoms. The summed E-state index contributed by atoms with van der Waals surface area (Å²) in [6, 6.07) is 17.7. The first-order valence-electron chi connectivity index (χ1n) is 9.40. The maximum atomic E-state index is 12.8. The fraction of sp³-hybridized carbons (Fsp3) is 0.217. The van der Waals surface area contributed by atoms with Crippen LogP contribution in [0.1, 0.15) is 40.7 Å². The van der Waals surface area contributed by atoms with Gasteiger partial charge in [-0.1, -0.05) is 30.3 Å². The lowest BCUT2D eigenvalue weighted by Crippen LogP contribution is -2.32.